The van der Waals surface area contributed by atoms with E-state index in [4.69, 9.17) is 22.4 Å². The van der Waals surface area contributed by atoms with Crippen molar-refractivity contribution in [2.45, 2.75) is 44.1 Å². The topological polar surface area (TPSA) is 107 Å². The van der Waals surface area contributed by atoms with Gasteiger partial charge in [-0.05, 0) is 42.4 Å². The van der Waals surface area contributed by atoms with Crippen molar-refractivity contribution in [1.82, 2.24) is 19.7 Å². The van der Waals surface area contributed by atoms with Gasteiger partial charge in [0.05, 0.1) is 35.5 Å². The monoisotopic (exact) mass is 425 g/mol. The molecular weight excluding hydrogens is 402 g/mol. The molecule has 30 heavy (non-hydrogen) atoms. The zero-order valence-electron chi connectivity index (χ0n) is 16.6. The van der Waals surface area contributed by atoms with Crippen molar-refractivity contribution in [2.24, 2.45) is 5.73 Å². The van der Waals surface area contributed by atoms with E-state index in [1.807, 2.05) is 30.5 Å². The average Bonchev–Trinajstić information content (AvgIpc) is 3.44. The predicted octanol–water partition coefficient (Wildman–Crippen LogP) is 2.21. The minimum absolute atomic E-state index is 0.0429. The molecule has 3 aromatic rings. The second-order valence-electron chi connectivity index (χ2n) is 7.70. The molecule has 0 saturated heterocycles. The molecule has 2 heterocycles. The van der Waals surface area contributed by atoms with E-state index >= 15 is 0 Å². The van der Waals surface area contributed by atoms with Crippen LogP contribution in [0.3, 0.4) is 0 Å². The number of hydrogen-bond acceptors (Lipinski definition) is 5. The van der Waals surface area contributed by atoms with Crippen LogP contribution in [0.5, 0.6) is 0 Å². The summed E-state index contributed by atoms with van der Waals surface area (Å²) >= 11 is 6.36. The third-order valence-corrected chi connectivity index (χ3v) is 5.95. The van der Waals surface area contributed by atoms with Crippen LogP contribution in [-0.2, 0) is 36.0 Å². The van der Waals surface area contributed by atoms with Crippen molar-refractivity contribution in [2.75, 3.05) is 6.61 Å². The molecule has 1 aliphatic rings. The summed E-state index contributed by atoms with van der Waals surface area (Å²) in [5, 5.41) is 13.8. The van der Waals surface area contributed by atoms with E-state index in [0.717, 1.165) is 41.6 Å². The Morgan fingerprint density at radius 1 is 1.23 bits per heavy atom. The lowest BCUT2D eigenvalue weighted by Crippen LogP contribution is -2.29. The summed E-state index contributed by atoms with van der Waals surface area (Å²) in [4.78, 5) is 21.0. The van der Waals surface area contributed by atoms with Crippen LogP contribution in [-0.4, -0.2) is 37.4 Å². The van der Waals surface area contributed by atoms with Crippen molar-refractivity contribution < 1.29 is 9.90 Å². The van der Waals surface area contributed by atoms with Gasteiger partial charge in [-0.3, -0.25) is 9.48 Å². The molecule has 0 radical (unpaired) electrons. The van der Waals surface area contributed by atoms with Crippen molar-refractivity contribution in [3.8, 4) is 0 Å². The number of amides is 1. The molecule has 0 bridgehead atoms. The molecule has 2 aromatic heterocycles. The Kier molecular flexibility index (Phi) is 5.83. The van der Waals surface area contributed by atoms with Gasteiger partial charge in [-0.25, -0.2) is 9.97 Å². The van der Waals surface area contributed by atoms with Gasteiger partial charge < -0.3 is 10.8 Å². The lowest BCUT2D eigenvalue weighted by Gasteiger charge is -2.16. The summed E-state index contributed by atoms with van der Waals surface area (Å²) < 4.78 is 1.69. The molecule has 8 heteroatoms. The number of aryl methyl sites for hydroxylation is 2. The highest BCUT2D eigenvalue weighted by atomic mass is 35.5. The van der Waals surface area contributed by atoms with Gasteiger partial charge in [-0.15, -0.1) is 0 Å². The second kappa shape index (κ2) is 8.53. The van der Waals surface area contributed by atoms with Crippen molar-refractivity contribution in [3.63, 3.8) is 0 Å². The van der Waals surface area contributed by atoms with Gasteiger partial charge in [0.2, 0.25) is 5.91 Å². The van der Waals surface area contributed by atoms with Crippen LogP contribution in [0, 0.1) is 0 Å². The van der Waals surface area contributed by atoms with E-state index in [-0.39, 0.29) is 12.5 Å². The summed E-state index contributed by atoms with van der Waals surface area (Å²) in [5.74, 6) is 0.418. The number of carbonyl (C=O) groups is 1. The first-order chi connectivity index (χ1) is 14.5. The summed E-state index contributed by atoms with van der Waals surface area (Å²) in [6.45, 7) is 0.500. The first-order valence-electron chi connectivity index (χ1n) is 10.0. The molecule has 4 rings (SSSR count). The highest BCUT2D eigenvalue weighted by molar-refractivity contribution is 6.31. The minimum atomic E-state index is -0.508. The number of aromatic nitrogens is 4. The number of rotatable bonds is 9. The molecular formula is C22H24ClN5O2. The van der Waals surface area contributed by atoms with E-state index in [9.17, 15) is 4.79 Å². The van der Waals surface area contributed by atoms with Gasteiger partial charge in [0.25, 0.3) is 0 Å². The molecule has 3 N–H and O–H groups in total. The van der Waals surface area contributed by atoms with Crippen LogP contribution in [0.2, 0.25) is 5.02 Å². The average molecular weight is 426 g/mol. The van der Waals surface area contributed by atoms with E-state index in [1.165, 1.54) is 0 Å². The van der Waals surface area contributed by atoms with Crippen LogP contribution >= 0.6 is 11.6 Å². The van der Waals surface area contributed by atoms with Crippen LogP contribution in [0.25, 0.3) is 0 Å². The third kappa shape index (κ3) is 4.22. The van der Waals surface area contributed by atoms with Crippen LogP contribution in [0.15, 0.2) is 42.9 Å². The molecule has 0 unspecified atom stereocenters. The number of aliphatic hydroxyl groups excluding tert-OH is 1. The lowest BCUT2D eigenvalue weighted by atomic mass is 9.88. The normalized spacial score (nSPS) is 14.6. The first kappa shape index (κ1) is 20.5. The molecule has 1 fully saturated rings. The fourth-order valence-corrected chi connectivity index (χ4v) is 4.03. The summed E-state index contributed by atoms with van der Waals surface area (Å²) in [7, 11) is 0. The molecule has 0 aliphatic heterocycles. The zero-order chi connectivity index (χ0) is 21.1. The number of primary amides is 1. The van der Waals surface area contributed by atoms with E-state index in [2.05, 4.69) is 15.1 Å². The molecule has 1 saturated carbocycles. The Labute approximate surface area is 179 Å². The van der Waals surface area contributed by atoms with Gasteiger partial charge >= 0.3 is 0 Å². The maximum atomic E-state index is 12.0. The number of nitrogens with zero attached hydrogens (tertiary/aromatic N) is 4. The largest absolute Gasteiger partial charge is 0.394 e. The van der Waals surface area contributed by atoms with Gasteiger partial charge in [-0.1, -0.05) is 35.9 Å². The number of aliphatic hydroxyl groups is 1. The van der Waals surface area contributed by atoms with E-state index in [0.29, 0.717) is 30.2 Å². The standard InChI is InChI=1S/C22H24ClN5O2/c23-18-13-25-20(11-15-12-26-28(14-15)9-10-29)27-19(18)6-5-16-3-1-2-4-17(16)22(7-8-22)21(24)30/h1-4,12-14,29H,5-11H2,(H2,24,30). The number of hydrogen-bond donors (Lipinski definition) is 2. The fourth-order valence-electron chi connectivity index (χ4n) is 3.84. The van der Waals surface area contributed by atoms with Crippen LogP contribution in [0.1, 0.15) is 41.1 Å². The summed E-state index contributed by atoms with van der Waals surface area (Å²) in [6.07, 6.45) is 8.78. The van der Waals surface area contributed by atoms with Gasteiger partial charge in [-0.2, -0.15) is 5.10 Å². The fraction of sp³-hybridized carbons (Fsp3) is 0.364. The maximum absolute atomic E-state index is 12.0. The first-order valence-corrected chi connectivity index (χ1v) is 10.4. The zero-order valence-corrected chi connectivity index (χ0v) is 17.3. The minimum Gasteiger partial charge on any atom is -0.394 e. The quantitative estimate of drug-likeness (QED) is 0.546. The summed E-state index contributed by atoms with van der Waals surface area (Å²) in [6, 6.07) is 7.98. The van der Waals surface area contributed by atoms with E-state index < -0.39 is 5.41 Å². The molecule has 0 spiro atoms. The summed E-state index contributed by atoms with van der Waals surface area (Å²) in [5.41, 5.74) is 9.06. The number of carbonyl (C=O) groups excluding carboxylic acids is 1. The van der Waals surface area contributed by atoms with Gasteiger partial charge in [0.15, 0.2) is 0 Å². The molecule has 1 aliphatic carbocycles. The Hall–Kier alpha value is -2.77. The lowest BCUT2D eigenvalue weighted by molar-refractivity contribution is -0.120. The SMILES string of the molecule is NC(=O)C1(c2ccccc2CCc2nc(Cc3cnn(CCO)c3)ncc2Cl)CC1. The predicted molar refractivity (Wildman–Crippen MR) is 113 cm³/mol. The Balaban J connectivity index is 1.49. The highest BCUT2D eigenvalue weighted by Gasteiger charge is 2.50. The van der Waals surface area contributed by atoms with Crippen LogP contribution in [0.4, 0.5) is 0 Å². The van der Waals surface area contributed by atoms with E-state index in [1.54, 1.807) is 17.1 Å². The molecule has 0 atom stereocenters. The van der Waals surface area contributed by atoms with Gasteiger partial charge in [0.1, 0.15) is 5.82 Å². The number of benzene rings is 1. The number of halogens is 1. The highest BCUT2D eigenvalue weighted by Crippen LogP contribution is 2.49. The Morgan fingerprint density at radius 2 is 2.03 bits per heavy atom. The Morgan fingerprint density at radius 3 is 2.77 bits per heavy atom. The molecule has 156 valence electrons. The molecule has 1 aromatic carbocycles. The van der Waals surface area contributed by atoms with Crippen LogP contribution < -0.4 is 5.73 Å². The van der Waals surface area contributed by atoms with Crippen molar-refractivity contribution in [3.05, 3.63) is 76.1 Å². The van der Waals surface area contributed by atoms with Crippen molar-refractivity contribution >= 4 is 17.5 Å². The third-order valence-electron chi connectivity index (χ3n) is 5.63. The number of nitrogens with two attached hydrogens (primary N) is 1. The maximum Gasteiger partial charge on any atom is 0.228 e. The Bertz CT molecular complexity index is 1060. The molecule has 1 amide bonds. The van der Waals surface area contributed by atoms with Gasteiger partial charge in [0, 0.05) is 18.8 Å². The molecule has 7 nitrogen and oxygen atoms in total. The van der Waals surface area contributed by atoms with Crippen molar-refractivity contribution in [1.29, 1.82) is 0 Å². The smallest absolute Gasteiger partial charge is 0.228 e. The second-order valence-corrected chi connectivity index (χ2v) is 8.10.